The number of benzene rings is 1. The first-order valence-electron chi connectivity index (χ1n) is 11.6. The highest BCUT2D eigenvalue weighted by atomic mass is 32.1. The van der Waals surface area contributed by atoms with Crippen LogP contribution in [0.25, 0.3) is 0 Å². The standard InChI is InChI=1S/C25H24F3N5O2S/c1-13-3-8-16-17(11-29)24(36-20(16)9-13)32-23(34)18-12-30-33-21(25(26,27)28)10-19(31-22(18)33)14-4-6-15(35-2)7-5-14/h4-7,12-13,19,21,31H,3,8-10H2,1-2H3,(H,32,34)/t13-,19+,21-/m1/s1. The first kappa shape index (κ1) is 24.2. The zero-order valence-electron chi connectivity index (χ0n) is 19.6. The van der Waals surface area contributed by atoms with Gasteiger partial charge in [0.25, 0.3) is 5.91 Å². The van der Waals surface area contributed by atoms with Crippen molar-refractivity contribution in [1.82, 2.24) is 9.78 Å². The second kappa shape index (κ2) is 9.17. The quantitative estimate of drug-likeness (QED) is 0.454. The van der Waals surface area contributed by atoms with E-state index < -0.39 is 24.2 Å². The summed E-state index contributed by atoms with van der Waals surface area (Å²) in [6, 6.07) is 6.38. The summed E-state index contributed by atoms with van der Waals surface area (Å²) in [5, 5.41) is 20.0. The Morgan fingerprint density at radius 2 is 2.08 bits per heavy atom. The molecule has 11 heteroatoms. The number of halogens is 3. The predicted octanol–water partition coefficient (Wildman–Crippen LogP) is 5.86. The van der Waals surface area contributed by atoms with Gasteiger partial charge < -0.3 is 15.4 Å². The van der Waals surface area contributed by atoms with Crippen LogP contribution in [0.15, 0.2) is 30.5 Å². The molecule has 3 aromatic rings. The van der Waals surface area contributed by atoms with Crippen molar-refractivity contribution in [1.29, 1.82) is 5.26 Å². The number of nitriles is 1. The SMILES string of the molecule is COc1ccc([C@@H]2C[C@H](C(F)(F)F)n3ncc(C(=O)Nc4sc5c(c4C#N)CC[C@@H](C)C5)c3N2)cc1. The van der Waals surface area contributed by atoms with E-state index in [0.29, 0.717) is 27.8 Å². The number of fused-ring (bicyclic) bond motifs is 2. The summed E-state index contributed by atoms with van der Waals surface area (Å²) in [5.41, 5.74) is 2.03. The molecule has 0 spiro atoms. The van der Waals surface area contributed by atoms with Crippen LogP contribution in [0.3, 0.4) is 0 Å². The van der Waals surface area contributed by atoms with Crippen LogP contribution in [0.1, 0.15) is 63.8 Å². The molecular formula is C25H24F3N5O2S. The smallest absolute Gasteiger partial charge is 0.410 e. The molecule has 2 aromatic heterocycles. The van der Waals surface area contributed by atoms with Crippen molar-refractivity contribution < 1.29 is 22.7 Å². The summed E-state index contributed by atoms with van der Waals surface area (Å²) in [6.07, 6.45) is -1.11. The van der Waals surface area contributed by atoms with Crippen LogP contribution in [-0.4, -0.2) is 29.0 Å². The number of thiophene rings is 1. The zero-order chi connectivity index (χ0) is 25.6. The summed E-state index contributed by atoms with van der Waals surface area (Å²) in [7, 11) is 1.51. The second-order valence-corrected chi connectivity index (χ2v) is 10.3. The number of rotatable bonds is 4. The predicted molar refractivity (Wildman–Crippen MR) is 129 cm³/mol. The monoisotopic (exact) mass is 515 g/mol. The fourth-order valence-electron chi connectivity index (χ4n) is 4.91. The van der Waals surface area contributed by atoms with Crippen molar-refractivity contribution in [3.63, 3.8) is 0 Å². The third-order valence-electron chi connectivity index (χ3n) is 6.85. The van der Waals surface area contributed by atoms with Gasteiger partial charge in [0, 0.05) is 11.3 Å². The van der Waals surface area contributed by atoms with Gasteiger partial charge in [-0.25, -0.2) is 4.68 Å². The van der Waals surface area contributed by atoms with Gasteiger partial charge in [-0.15, -0.1) is 11.3 Å². The Hall–Kier alpha value is -3.52. The molecule has 0 unspecified atom stereocenters. The number of amides is 1. The number of aromatic nitrogens is 2. The fraction of sp³-hybridized carbons (Fsp3) is 0.400. The third kappa shape index (κ3) is 4.30. The lowest BCUT2D eigenvalue weighted by Crippen LogP contribution is -2.36. The highest BCUT2D eigenvalue weighted by Crippen LogP contribution is 2.45. The number of nitrogens with one attached hydrogen (secondary N) is 2. The highest BCUT2D eigenvalue weighted by Gasteiger charge is 2.47. The summed E-state index contributed by atoms with van der Waals surface area (Å²) >= 11 is 1.37. The topological polar surface area (TPSA) is 92.0 Å². The number of hydrogen-bond donors (Lipinski definition) is 2. The number of anilines is 2. The lowest BCUT2D eigenvalue weighted by atomic mass is 9.88. The number of methoxy groups -OCH3 is 1. The van der Waals surface area contributed by atoms with Crippen LogP contribution in [0.4, 0.5) is 24.0 Å². The molecule has 3 atom stereocenters. The minimum absolute atomic E-state index is 0.00431. The van der Waals surface area contributed by atoms with Crippen LogP contribution in [-0.2, 0) is 12.8 Å². The van der Waals surface area contributed by atoms with Crippen molar-refractivity contribution in [3.05, 3.63) is 57.6 Å². The lowest BCUT2D eigenvalue weighted by Gasteiger charge is -2.34. The maximum absolute atomic E-state index is 14.0. The van der Waals surface area contributed by atoms with Crippen molar-refractivity contribution in [3.8, 4) is 11.8 Å². The largest absolute Gasteiger partial charge is 0.497 e. The van der Waals surface area contributed by atoms with E-state index >= 15 is 0 Å². The highest BCUT2D eigenvalue weighted by molar-refractivity contribution is 7.16. The fourth-order valence-corrected chi connectivity index (χ4v) is 6.27. The zero-order valence-corrected chi connectivity index (χ0v) is 20.5. The van der Waals surface area contributed by atoms with Gasteiger partial charge in [0.2, 0.25) is 0 Å². The molecular weight excluding hydrogens is 491 g/mol. The number of alkyl halides is 3. The Balaban J connectivity index is 1.47. The third-order valence-corrected chi connectivity index (χ3v) is 8.02. The van der Waals surface area contributed by atoms with Crippen molar-refractivity contribution >= 4 is 28.1 Å². The van der Waals surface area contributed by atoms with Crippen LogP contribution in [0.5, 0.6) is 5.75 Å². The molecule has 0 bridgehead atoms. The molecule has 0 fully saturated rings. The van der Waals surface area contributed by atoms with Crippen molar-refractivity contribution in [2.24, 2.45) is 5.92 Å². The molecule has 2 N–H and O–H groups in total. The number of carbonyl (C=O) groups excluding carboxylic acids is 1. The van der Waals surface area contributed by atoms with Gasteiger partial charge in [-0.3, -0.25) is 4.79 Å². The average Bonchev–Trinajstić information content (AvgIpc) is 3.43. The maximum Gasteiger partial charge on any atom is 0.410 e. The number of carbonyl (C=O) groups is 1. The van der Waals surface area contributed by atoms with Gasteiger partial charge in [-0.1, -0.05) is 19.1 Å². The number of nitrogens with zero attached hydrogens (tertiary/aromatic N) is 3. The van der Waals surface area contributed by atoms with Gasteiger partial charge in [-0.05, 0) is 48.4 Å². The van der Waals surface area contributed by atoms with Crippen LogP contribution >= 0.6 is 11.3 Å². The Labute approximate surface area is 209 Å². The minimum atomic E-state index is -4.56. The maximum atomic E-state index is 14.0. The molecule has 0 saturated carbocycles. The normalized spacial score (nSPS) is 21.1. The number of hydrogen-bond acceptors (Lipinski definition) is 6. The van der Waals surface area contributed by atoms with E-state index in [0.717, 1.165) is 40.6 Å². The first-order chi connectivity index (χ1) is 17.2. The summed E-state index contributed by atoms with van der Waals surface area (Å²) in [5.74, 6) is 0.472. The molecule has 5 rings (SSSR count). The van der Waals surface area contributed by atoms with Gasteiger partial charge in [0.05, 0.1) is 24.9 Å². The Kier molecular flexibility index (Phi) is 6.16. The molecule has 3 heterocycles. The second-order valence-electron chi connectivity index (χ2n) is 9.24. The Bertz CT molecular complexity index is 1340. The van der Waals surface area contributed by atoms with Crippen LogP contribution in [0, 0.1) is 17.2 Å². The lowest BCUT2D eigenvalue weighted by molar-refractivity contribution is -0.173. The minimum Gasteiger partial charge on any atom is -0.497 e. The summed E-state index contributed by atoms with van der Waals surface area (Å²) in [6.45, 7) is 2.15. The molecule has 36 heavy (non-hydrogen) atoms. The van der Waals surface area contributed by atoms with E-state index in [-0.39, 0.29) is 17.8 Å². The average molecular weight is 516 g/mol. The van der Waals surface area contributed by atoms with E-state index in [1.165, 1.54) is 18.4 Å². The molecule has 0 saturated heterocycles. The van der Waals surface area contributed by atoms with E-state index in [1.807, 2.05) is 0 Å². The number of ether oxygens (including phenoxy) is 1. The Morgan fingerprint density at radius 3 is 2.75 bits per heavy atom. The van der Waals surface area contributed by atoms with Crippen molar-refractivity contribution in [2.75, 3.05) is 17.7 Å². The van der Waals surface area contributed by atoms with Gasteiger partial charge >= 0.3 is 6.18 Å². The van der Waals surface area contributed by atoms with E-state index in [9.17, 15) is 23.2 Å². The molecule has 1 aliphatic heterocycles. The molecule has 0 radical (unpaired) electrons. The van der Waals surface area contributed by atoms with Gasteiger partial charge in [0.15, 0.2) is 6.04 Å². The van der Waals surface area contributed by atoms with Crippen LogP contribution < -0.4 is 15.4 Å². The molecule has 1 amide bonds. The van der Waals surface area contributed by atoms with E-state index in [2.05, 4.69) is 28.7 Å². The molecule has 7 nitrogen and oxygen atoms in total. The van der Waals surface area contributed by atoms with Gasteiger partial charge in [-0.2, -0.15) is 23.5 Å². The van der Waals surface area contributed by atoms with Crippen molar-refractivity contribution in [2.45, 2.75) is 50.9 Å². The summed E-state index contributed by atoms with van der Waals surface area (Å²) in [4.78, 5) is 14.3. The summed E-state index contributed by atoms with van der Waals surface area (Å²) < 4.78 is 48.0. The van der Waals surface area contributed by atoms with E-state index in [1.54, 1.807) is 24.3 Å². The first-order valence-corrected chi connectivity index (χ1v) is 12.4. The molecule has 188 valence electrons. The van der Waals surface area contributed by atoms with Crippen LogP contribution in [0.2, 0.25) is 0 Å². The molecule has 1 aliphatic carbocycles. The molecule has 1 aromatic carbocycles. The van der Waals surface area contributed by atoms with E-state index in [4.69, 9.17) is 4.74 Å². The molecule has 2 aliphatic rings. The van der Waals surface area contributed by atoms with Gasteiger partial charge in [0.1, 0.15) is 28.2 Å². The Morgan fingerprint density at radius 1 is 1.33 bits per heavy atom.